The summed E-state index contributed by atoms with van der Waals surface area (Å²) in [5.41, 5.74) is 1.35. The highest BCUT2D eigenvalue weighted by Crippen LogP contribution is 2.16. The molecule has 0 spiro atoms. The fourth-order valence-corrected chi connectivity index (χ4v) is 2.88. The van der Waals surface area contributed by atoms with E-state index in [2.05, 4.69) is 78.6 Å². The molecule has 3 heteroatoms. The van der Waals surface area contributed by atoms with Crippen molar-refractivity contribution in [3.8, 4) is 0 Å². The molecule has 0 saturated carbocycles. The zero-order valence-electron chi connectivity index (χ0n) is 10.9. The highest BCUT2D eigenvalue weighted by molar-refractivity contribution is 9.10. The van der Waals surface area contributed by atoms with Gasteiger partial charge in [-0.25, -0.2) is 0 Å². The van der Waals surface area contributed by atoms with Crippen LogP contribution >= 0.6 is 28.6 Å². The van der Waals surface area contributed by atoms with E-state index in [0.717, 1.165) is 23.3 Å². The van der Waals surface area contributed by atoms with Crippen molar-refractivity contribution in [1.82, 2.24) is 4.90 Å². The summed E-state index contributed by atoms with van der Waals surface area (Å²) in [6, 6.07) is 8.51. The molecule has 1 nitrogen and oxygen atoms in total. The summed E-state index contributed by atoms with van der Waals surface area (Å²) in [6.45, 7) is 6.64. The molecule has 1 atom stereocenters. The first-order valence-electron chi connectivity index (χ1n) is 6.06. The van der Waals surface area contributed by atoms with Gasteiger partial charge in [0.15, 0.2) is 0 Å². The summed E-state index contributed by atoms with van der Waals surface area (Å²) in [4.78, 5) is 2.38. The second-order valence-corrected chi connectivity index (χ2v) is 6.29. The van der Waals surface area contributed by atoms with Crippen LogP contribution in [0.15, 0.2) is 28.7 Å². The van der Waals surface area contributed by atoms with E-state index in [1.165, 1.54) is 5.56 Å². The van der Waals surface area contributed by atoms with Crippen molar-refractivity contribution >= 4 is 28.6 Å². The standard InChI is InChI=1S/C14H22BrNS/c1-11(2)13(10-17)9-16(3)8-12-5-4-6-14(15)7-12/h4-7,11,13,17H,8-10H2,1-3H3. The molecule has 0 radical (unpaired) electrons. The SMILES string of the molecule is CC(C)C(CS)CN(C)Cc1cccc(Br)c1. The van der Waals surface area contributed by atoms with Gasteiger partial charge in [0.25, 0.3) is 0 Å². The molecular weight excluding hydrogens is 294 g/mol. The van der Waals surface area contributed by atoms with Gasteiger partial charge in [-0.2, -0.15) is 12.6 Å². The monoisotopic (exact) mass is 315 g/mol. The van der Waals surface area contributed by atoms with Crippen LogP contribution in [-0.4, -0.2) is 24.2 Å². The van der Waals surface area contributed by atoms with Crippen LogP contribution in [0.2, 0.25) is 0 Å². The molecule has 0 heterocycles. The van der Waals surface area contributed by atoms with Crippen LogP contribution in [0.3, 0.4) is 0 Å². The second-order valence-electron chi connectivity index (χ2n) is 5.01. The van der Waals surface area contributed by atoms with Gasteiger partial charge in [0.1, 0.15) is 0 Å². The number of rotatable bonds is 6. The third-order valence-electron chi connectivity index (χ3n) is 3.07. The van der Waals surface area contributed by atoms with Crippen molar-refractivity contribution in [1.29, 1.82) is 0 Å². The normalized spacial score (nSPS) is 13.4. The predicted octanol–water partition coefficient (Wildman–Crippen LogP) is 4.08. The van der Waals surface area contributed by atoms with Crippen LogP contribution in [0.4, 0.5) is 0 Å². The summed E-state index contributed by atoms with van der Waals surface area (Å²) in [5.74, 6) is 2.31. The molecule has 0 N–H and O–H groups in total. The molecule has 1 aromatic carbocycles. The van der Waals surface area contributed by atoms with Crippen molar-refractivity contribution in [2.24, 2.45) is 11.8 Å². The molecule has 0 aliphatic rings. The van der Waals surface area contributed by atoms with Crippen LogP contribution < -0.4 is 0 Å². The predicted molar refractivity (Wildman–Crippen MR) is 82.7 cm³/mol. The number of nitrogens with zero attached hydrogens (tertiary/aromatic N) is 1. The third-order valence-corrected chi connectivity index (χ3v) is 4.03. The van der Waals surface area contributed by atoms with Gasteiger partial charge >= 0.3 is 0 Å². The van der Waals surface area contributed by atoms with Crippen LogP contribution in [0.1, 0.15) is 19.4 Å². The first kappa shape index (κ1) is 15.1. The molecular formula is C14H22BrNS. The largest absolute Gasteiger partial charge is 0.302 e. The maximum Gasteiger partial charge on any atom is 0.0231 e. The molecule has 0 saturated heterocycles. The Labute approximate surface area is 119 Å². The minimum absolute atomic E-state index is 0.662. The summed E-state index contributed by atoms with van der Waals surface area (Å²) in [6.07, 6.45) is 0. The van der Waals surface area contributed by atoms with E-state index < -0.39 is 0 Å². The minimum atomic E-state index is 0.662. The Hall–Kier alpha value is 0.01000. The minimum Gasteiger partial charge on any atom is -0.302 e. The van der Waals surface area contributed by atoms with E-state index in [1.807, 2.05) is 0 Å². The molecule has 0 aliphatic carbocycles. The van der Waals surface area contributed by atoms with Gasteiger partial charge < -0.3 is 4.90 Å². The highest BCUT2D eigenvalue weighted by Gasteiger charge is 2.14. The number of benzene rings is 1. The molecule has 96 valence electrons. The Morgan fingerprint density at radius 3 is 2.59 bits per heavy atom. The number of thiol groups is 1. The van der Waals surface area contributed by atoms with Crippen molar-refractivity contribution < 1.29 is 0 Å². The first-order valence-corrected chi connectivity index (χ1v) is 7.49. The average Bonchev–Trinajstić information content (AvgIpc) is 2.25. The van der Waals surface area contributed by atoms with E-state index >= 15 is 0 Å². The number of hydrogen-bond donors (Lipinski definition) is 1. The zero-order chi connectivity index (χ0) is 12.8. The maximum atomic E-state index is 4.44. The fourth-order valence-electron chi connectivity index (χ4n) is 1.89. The molecule has 0 bridgehead atoms. The quantitative estimate of drug-likeness (QED) is 0.774. The van der Waals surface area contributed by atoms with Gasteiger partial charge in [-0.1, -0.05) is 41.9 Å². The van der Waals surface area contributed by atoms with Crippen LogP contribution in [-0.2, 0) is 6.54 Å². The van der Waals surface area contributed by atoms with Gasteiger partial charge in [-0.15, -0.1) is 0 Å². The summed E-state index contributed by atoms with van der Waals surface area (Å²) in [7, 11) is 2.18. The molecule has 1 unspecified atom stereocenters. The van der Waals surface area contributed by atoms with E-state index in [9.17, 15) is 0 Å². The van der Waals surface area contributed by atoms with Gasteiger partial charge in [-0.05, 0) is 42.3 Å². The molecule has 0 amide bonds. The second kappa shape index (κ2) is 7.45. The number of halogens is 1. The molecule has 0 aliphatic heterocycles. The molecule has 1 rings (SSSR count). The van der Waals surface area contributed by atoms with Crippen LogP contribution in [0.25, 0.3) is 0 Å². The summed E-state index contributed by atoms with van der Waals surface area (Å²) < 4.78 is 1.15. The van der Waals surface area contributed by atoms with Crippen molar-refractivity contribution in [2.75, 3.05) is 19.3 Å². The van der Waals surface area contributed by atoms with Gasteiger partial charge in [-0.3, -0.25) is 0 Å². The van der Waals surface area contributed by atoms with Crippen molar-refractivity contribution in [3.63, 3.8) is 0 Å². The first-order chi connectivity index (χ1) is 8.02. The maximum absolute atomic E-state index is 4.44. The lowest BCUT2D eigenvalue weighted by Gasteiger charge is -2.25. The van der Waals surface area contributed by atoms with Crippen LogP contribution in [0.5, 0.6) is 0 Å². The lowest BCUT2D eigenvalue weighted by molar-refractivity contribution is 0.246. The van der Waals surface area contributed by atoms with Crippen molar-refractivity contribution in [3.05, 3.63) is 34.3 Å². The van der Waals surface area contributed by atoms with Gasteiger partial charge in [0.2, 0.25) is 0 Å². The Kier molecular flexibility index (Phi) is 6.60. The van der Waals surface area contributed by atoms with E-state index in [0.29, 0.717) is 11.8 Å². The Morgan fingerprint density at radius 1 is 1.35 bits per heavy atom. The smallest absolute Gasteiger partial charge is 0.0231 e. The summed E-state index contributed by atoms with van der Waals surface area (Å²) >= 11 is 7.95. The number of hydrogen-bond acceptors (Lipinski definition) is 2. The van der Waals surface area contributed by atoms with E-state index in [-0.39, 0.29) is 0 Å². The zero-order valence-corrected chi connectivity index (χ0v) is 13.3. The Bertz CT molecular complexity index is 341. The van der Waals surface area contributed by atoms with Crippen LogP contribution in [0, 0.1) is 11.8 Å². The highest BCUT2D eigenvalue weighted by atomic mass is 79.9. The van der Waals surface area contributed by atoms with Crippen molar-refractivity contribution in [2.45, 2.75) is 20.4 Å². The lowest BCUT2D eigenvalue weighted by Crippen LogP contribution is -2.29. The van der Waals surface area contributed by atoms with E-state index in [4.69, 9.17) is 0 Å². The molecule has 1 aromatic rings. The van der Waals surface area contributed by atoms with Gasteiger partial charge in [0.05, 0.1) is 0 Å². The molecule has 0 aromatic heterocycles. The Balaban J connectivity index is 2.51. The Morgan fingerprint density at radius 2 is 2.06 bits per heavy atom. The van der Waals surface area contributed by atoms with E-state index in [1.54, 1.807) is 0 Å². The summed E-state index contributed by atoms with van der Waals surface area (Å²) in [5, 5.41) is 0. The molecule has 0 fully saturated rings. The fraction of sp³-hybridized carbons (Fsp3) is 0.571. The van der Waals surface area contributed by atoms with Gasteiger partial charge in [0, 0.05) is 17.6 Å². The third kappa shape index (κ3) is 5.45. The average molecular weight is 316 g/mol. The molecule has 17 heavy (non-hydrogen) atoms. The topological polar surface area (TPSA) is 3.24 Å². The lowest BCUT2D eigenvalue weighted by atomic mass is 9.97.